The summed E-state index contributed by atoms with van der Waals surface area (Å²) in [4.78, 5) is 37.3. The van der Waals surface area contributed by atoms with Gasteiger partial charge in [-0.1, -0.05) is 174 Å². The first-order valence-electron chi connectivity index (χ1n) is 25.7. The second-order valence-electron chi connectivity index (χ2n) is 17.7. The zero-order chi connectivity index (χ0) is 49.2. The van der Waals surface area contributed by atoms with Crippen molar-refractivity contribution >= 4 is 17.9 Å². The first-order valence-corrected chi connectivity index (χ1v) is 25.7. The van der Waals surface area contributed by atoms with Crippen molar-refractivity contribution in [3.63, 3.8) is 0 Å². The molecule has 0 aliphatic carbocycles. The maximum absolute atomic E-state index is 12.8. The van der Waals surface area contributed by atoms with Crippen LogP contribution in [0.3, 0.4) is 0 Å². The number of quaternary nitrogens is 1. The molecule has 0 aliphatic rings. The van der Waals surface area contributed by atoms with Crippen molar-refractivity contribution in [2.45, 2.75) is 180 Å². The smallest absolute Gasteiger partial charge is 0.361 e. The number of carbonyl (C=O) groups excluding carboxylic acids is 2. The number of likely N-dealkylation sites (N-methyl/N-ethyl adjacent to an activating group) is 1. The van der Waals surface area contributed by atoms with E-state index in [1.165, 1.54) is 25.7 Å². The summed E-state index contributed by atoms with van der Waals surface area (Å²) in [5.41, 5.74) is 0. The fraction of sp³-hybridized carbons (Fsp3) is 0.603. The summed E-state index contributed by atoms with van der Waals surface area (Å²) < 4.78 is 22.7. The number of allylic oxidation sites excluding steroid dienone is 20. The lowest BCUT2D eigenvalue weighted by atomic mass is 10.1. The molecule has 2 unspecified atom stereocenters. The minimum Gasteiger partial charge on any atom is -0.477 e. The van der Waals surface area contributed by atoms with Crippen LogP contribution in [0.5, 0.6) is 0 Å². The standard InChI is InChI=1S/C58H93NO8/c1-6-8-10-12-14-16-18-20-22-24-26-27-28-29-31-33-35-37-39-41-43-45-47-49-56(61)67-54(53-66-58(57(62)63)64-51-50-59(3,4)5)52-65-55(60)48-46-44-42-40-38-36-34-32-30-25-23-21-19-17-15-13-11-9-7-2/h8,10,14-17,20-23,26-27,29-32,35,37,41,43,54,58H,6-7,9,11-13,18-19,24-25,28,33-34,36,38-40,42,44-53H2,1-5H3/p+1/b10-8-,16-14-,17-15-,22-20-,23-21-,27-26-,31-29-,32-30-,37-35-,43-41-. The summed E-state index contributed by atoms with van der Waals surface area (Å²) in [5.74, 6) is -2.12. The van der Waals surface area contributed by atoms with Gasteiger partial charge in [0.05, 0.1) is 34.4 Å². The third-order valence-corrected chi connectivity index (χ3v) is 10.2. The van der Waals surface area contributed by atoms with Gasteiger partial charge in [0, 0.05) is 12.8 Å². The van der Waals surface area contributed by atoms with Gasteiger partial charge in [-0.05, 0) is 103 Å². The lowest BCUT2D eigenvalue weighted by Gasteiger charge is -2.25. The number of nitrogens with zero attached hydrogens (tertiary/aromatic N) is 1. The molecule has 9 nitrogen and oxygen atoms in total. The zero-order valence-electron chi connectivity index (χ0n) is 42.8. The van der Waals surface area contributed by atoms with Crippen molar-refractivity contribution in [2.75, 3.05) is 47.5 Å². The molecule has 378 valence electrons. The Balaban J connectivity index is 4.52. The number of esters is 2. The summed E-state index contributed by atoms with van der Waals surface area (Å²) in [7, 11) is 5.92. The molecule has 0 rings (SSSR count). The molecule has 0 spiro atoms. The Labute approximate surface area is 408 Å². The van der Waals surface area contributed by atoms with Gasteiger partial charge in [-0.15, -0.1) is 0 Å². The van der Waals surface area contributed by atoms with E-state index in [2.05, 4.69) is 135 Å². The second-order valence-corrected chi connectivity index (χ2v) is 17.7. The molecule has 0 aromatic heterocycles. The Hall–Kier alpha value is -4.31. The predicted molar refractivity (Wildman–Crippen MR) is 281 cm³/mol. The number of ether oxygens (including phenoxy) is 4. The molecule has 0 fully saturated rings. The predicted octanol–water partition coefficient (Wildman–Crippen LogP) is 14.6. The van der Waals surface area contributed by atoms with Gasteiger partial charge in [0.1, 0.15) is 13.2 Å². The first-order chi connectivity index (χ1) is 32.6. The molecule has 0 heterocycles. The third kappa shape index (κ3) is 49.4. The van der Waals surface area contributed by atoms with E-state index >= 15 is 0 Å². The summed E-state index contributed by atoms with van der Waals surface area (Å²) in [6, 6.07) is 0. The molecule has 0 aromatic rings. The van der Waals surface area contributed by atoms with E-state index in [1.807, 2.05) is 21.1 Å². The van der Waals surface area contributed by atoms with E-state index in [9.17, 15) is 19.5 Å². The van der Waals surface area contributed by atoms with Crippen LogP contribution in [0.15, 0.2) is 122 Å². The highest BCUT2D eigenvalue weighted by atomic mass is 16.7. The molecule has 0 saturated carbocycles. The van der Waals surface area contributed by atoms with Crippen LogP contribution in [-0.4, -0.2) is 87.4 Å². The molecule has 0 amide bonds. The van der Waals surface area contributed by atoms with E-state index in [0.717, 1.165) is 103 Å². The summed E-state index contributed by atoms with van der Waals surface area (Å²) in [5, 5.41) is 9.67. The molecule has 0 aliphatic heterocycles. The van der Waals surface area contributed by atoms with E-state index in [0.29, 0.717) is 23.9 Å². The highest BCUT2D eigenvalue weighted by Crippen LogP contribution is 2.12. The summed E-state index contributed by atoms with van der Waals surface area (Å²) in [6.45, 7) is 4.62. The molecule has 0 aromatic carbocycles. The van der Waals surface area contributed by atoms with Crippen molar-refractivity contribution in [1.29, 1.82) is 0 Å². The number of carboxylic acid groups (broad SMARTS) is 1. The van der Waals surface area contributed by atoms with Crippen molar-refractivity contribution in [3.8, 4) is 0 Å². The van der Waals surface area contributed by atoms with E-state index < -0.39 is 24.3 Å². The quantitative estimate of drug-likeness (QED) is 0.0211. The Morgan fingerprint density at radius 1 is 0.463 bits per heavy atom. The van der Waals surface area contributed by atoms with E-state index in [1.54, 1.807) is 0 Å². The fourth-order valence-electron chi connectivity index (χ4n) is 6.24. The van der Waals surface area contributed by atoms with Gasteiger partial charge in [-0.2, -0.15) is 0 Å². The van der Waals surface area contributed by atoms with Gasteiger partial charge in [0.25, 0.3) is 6.29 Å². The van der Waals surface area contributed by atoms with Crippen LogP contribution in [0.1, 0.15) is 168 Å². The Bertz CT molecular complexity index is 1510. The van der Waals surface area contributed by atoms with Gasteiger partial charge in [0.2, 0.25) is 0 Å². The van der Waals surface area contributed by atoms with Crippen LogP contribution >= 0.6 is 0 Å². The molecular weight excluding hydrogens is 839 g/mol. The molecule has 0 bridgehead atoms. The van der Waals surface area contributed by atoms with Gasteiger partial charge >= 0.3 is 17.9 Å². The lowest BCUT2D eigenvalue weighted by Crippen LogP contribution is -2.40. The number of hydrogen-bond acceptors (Lipinski definition) is 7. The Morgan fingerprint density at radius 3 is 1.31 bits per heavy atom. The molecule has 67 heavy (non-hydrogen) atoms. The van der Waals surface area contributed by atoms with Gasteiger partial charge in [0.15, 0.2) is 6.10 Å². The van der Waals surface area contributed by atoms with Crippen LogP contribution in [0.2, 0.25) is 0 Å². The average Bonchev–Trinajstić information content (AvgIpc) is 3.29. The molecule has 1 N–H and O–H groups in total. The van der Waals surface area contributed by atoms with Crippen molar-refractivity contribution in [1.82, 2.24) is 0 Å². The van der Waals surface area contributed by atoms with Gasteiger partial charge < -0.3 is 28.5 Å². The molecule has 0 saturated heterocycles. The van der Waals surface area contributed by atoms with Crippen LogP contribution in [0.25, 0.3) is 0 Å². The molecule has 0 radical (unpaired) electrons. The SMILES string of the molecule is CC/C=C\C/C=C\C/C=C\C/C=C\C/C=C\C/C=C\C/C=C\CCCC(=O)OC(COC(=O)CCCCCCCC/C=C\C/C=C\C/C=C\CCCCC)COC(OCC[N+](C)(C)C)C(=O)O. The number of rotatable bonds is 45. The molecule has 2 atom stereocenters. The van der Waals surface area contributed by atoms with Gasteiger partial charge in [-0.25, -0.2) is 4.79 Å². The van der Waals surface area contributed by atoms with Crippen LogP contribution in [0, 0.1) is 0 Å². The van der Waals surface area contributed by atoms with Crippen LogP contribution < -0.4 is 0 Å². The topological polar surface area (TPSA) is 108 Å². The third-order valence-electron chi connectivity index (χ3n) is 10.2. The van der Waals surface area contributed by atoms with Crippen molar-refractivity contribution in [2.24, 2.45) is 0 Å². The van der Waals surface area contributed by atoms with Crippen LogP contribution in [-0.2, 0) is 33.3 Å². The second kappa shape index (κ2) is 48.2. The number of aliphatic carboxylic acids is 1. The summed E-state index contributed by atoms with van der Waals surface area (Å²) in [6.07, 6.45) is 64.1. The number of hydrogen-bond donors (Lipinski definition) is 1. The Kier molecular flexibility index (Phi) is 45.1. The first kappa shape index (κ1) is 62.7. The molecular formula is C58H94NO8+. The monoisotopic (exact) mass is 933 g/mol. The van der Waals surface area contributed by atoms with E-state index in [-0.39, 0.29) is 38.6 Å². The summed E-state index contributed by atoms with van der Waals surface area (Å²) >= 11 is 0. The number of carboxylic acids is 1. The highest BCUT2D eigenvalue weighted by Gasteiger charge is 2.25. The van der Waals surface area contributed by atoms with Crippen molar-refractivity contribution < 1.29 is 42.9 Å². The average molecular weight is 933 g/mol. The highest BCUT2D eigenvalue weighted by molar-refractivity contribution is 5.71. The maximum atomic E-state index is 12.8. The number of unbranched alkanes of at least 4 members (excludes halogenated alkanes) is 10. The van der Waals surface area contributed by atoms with E-state index in [4.69, 9.17) is 18.9 Å². The van der Waals surface area contributed by atoms with Gasteiger partial charge in [-0.3, -0.25) is 9.59 Å². The van der Waals surface area contributed by atoms with Crippen molar-refractivity contribution in [3.05, 3.63) is 122 Å². The van der Waals surface area contributed by atoms with Crippen LogP contribution in [0.4, 0.5) is 0 Å². The normalized spacial score (nSPS) is 13.9. The largest absolute Gasteiger partial charge is 0.477 e. The Morgan fingerprint density at radius 2 is 0.866 bits per heavy atom. The lowest BCUT2D eigenvalue weighted by molar-refractivity contribution is -0.870. The minimum absolute atomic E-state index is 0.167. The number of carbonyl (C=O) groups is 3. The maximum Gasteiger partial charge on any atom is 0.361 e. The zero-order valence-corrected chi connectivity index (χ0v) is 42.8. The fourth-order valence-corrected chi connectivity index (χ4v) is 6.24. The minimum atomic E-state index is -1.54. The molecule has 9 heteroatoms.